The van der Waals surface area contributed by atoms with Gasteiger partial charge in [0, 0.05) is 16.6 Å². The van der Waals surface area contributed by atoms with Gasteiger partial charge in [0.1, 0.15) is 11.6 Å². The third-order valence-corrected chi connectivity index (χ3v) is 4.72. The van der Waals surface area contributed by atoms with E-state index in [1.807, 2.05) is 31.2 Å². The van der Waals surface area contributed by atoms with Crippen LogP contribution in [-0.2, 0) is 0 Å². The summed E-state index contributed by atoms with van der Waals surface area (Å²) in [6.07, 6.45) is 0. The van der Waals surface area contributed by atoms with Crippen LogP contribution in [0.5, 0.6) is 0 Å². The van der Waals surface area contributed by atoms with Crippen LogP contribution in [0.2, 0.25) is 0 Å². The maximum atomic E-state index is 6.10. The number of halogens is 1. The molecule has 0 fully saturated rings. The second-order valence-electron chi connectivity index (χ2n) is 4.42. The van der Waals surface area contributed by atoms with Crippen LogP contribution in [0.25, 0.3) is 0 Å². The molecule has 20 heavy (non-hydrogen) atoms. The minimum atomic E-state index is -0.0787. The molecule has 1 aromatic carbocycles. The molecule has 7 heteroatoms. The summed E-state index contributed by atoms with van der Waals surface area (Å²) in [5.41, 5.74) is 18.6. The van der Waals surface area contributed by atoms with E-state index in [4.69, 9.17) is 17.2 Å². The molecule has 106 valence electrons. The molecule has 0 saturated heterocycles. The number of hydrogen-bond acceptors (Lipinski definition) is 6. The van der Waals surface area contributed by atoms with Crippen LogP contribution >= 0.6 is 27.7 Å². The lowest BCUT2D eigenvalue weighted by Gasteiger charge is -2.21. The molecular weight excluding hydrogens is 338 g/mol. The van der Waals surface area contributed by atoms with Crippen molar-refractivity contribution in [2.24, 2.45) is 5.73 Å². The highest BCUT2D eigenvalue weighted by Gasteiger charge is 2.21. The van der Waals surface area contributed by atoms with Gasteiger partial charge in [-0.1, -0.05) is 45.9 Å². The summed E-state index contributed by atoms with van der Waals surface area (Å²) in [5, 5.41) is 0.535. The van der Waals surface area contributed by atoms with Crippen molar-refractivity contribution in [3.05, 3.63) is 40.4 Å². The van der Waals surface area contributed by atoms with Gasteiger partial charge < -0.3 is 17.2 Å². The van der Waals surface area contributed by atoms with Crippen molar-refractivity contribution in [2.75, 3.05) is 11.5 Å². The van der Waals surface area contributed by atoms with Gasteiger partial charge in [-0.3, -0.25) is 0 Å². The maximum absolute atomic E-state index is 6.10. The van der Waals surface area contributed by atoms with E-state index in [-0.39, 0.29) is 11.3 Å². The van der Waals surface area contributed by atoms with Gasteiger partial charge >= 0.3 is 0 Å². The standard InChI is InChI=1S/C13H16BrN5S/c1-7(15)12(8-4-2-3-5-9(8)14)20-13-18-10(16)6-11(17)19-13/h2-7,12H,15H2,1H3,(H4,16,17,18,19). The van der Waals surface area contributed by atoms with Crippen LogP contribution < -0.4 is 17.2 Å². The Kier molecular flexibility index (Phi) is 4.85. The summed E-state index contributed by atoms with van der Waals surface area (Å²) < 4.78 is 1.01. The van der Waals surface area contributed by atoms with E-state index in [0.717, 1.165) is 10.0 Å². The number of nitrogen functional groups attached to an aromatic ring is 2. The van der Waals surface area contributed by atoms with Gasteiger partial charge in [-0.05, 0) is 18.6 Å². The van der Waals surface area contributed by atoms with Crippen molar-refractivity contribution in [1.29, 1.82) is 0 Å². The average molecular weight is 354 g/mol. The molecule has 2 unspecified atom stereocenters. The summed E-state index contributed by atoms with van der Waals surface area (Å²) in [6.45, 7) is 1.95. The summed E-state index contributed by atoms with van der Waals surface area (Å²) in [7, 11) is 0. The Labute approximate surface area is 130 Å². The zero-order valence-electron chi connectivity index (χ0n) is 11.0. The van der Waals surface area contributed by atoms with Gasteiger partial charge in [0.05, 0.1) is 5.25 Å². The quantitative estimate of drug-likeness (QED) is 0.576. The Balaban J connectivity index is 2.33. The summed E-state index contributed by atoms with van der Waals surface area (Å²) >= 11 is 5.00. The van der Waals surface area contributed by atoms with Crippen LogP contribution in [0.1, 0.15) is 17.7 Å². The van der Waals surface area contributed by atoms with Crippen LogP contribution in [0.3, 0.4) is 0 Å². The summed E-state index contributed by atoms with van der Waals surface area (Å²) in [5.74, 6) is 0.714. The predicted molar refractivity (Wildman–Crippen MR) is 87.2 cm³/mol. The van der Waals surface area contributed by atoms with E-state index in [9.17, 15) is 0 Å². The lowest BCUT2D eigenvalue weighted by Crippen LogP contribution is -2.23. The van der Waals surface area contributed by atoms with Crippen molar-refractivity contribution in [2.45, 2.75) is 23.4 Å². The van der Waals surface area contributed by atoms with Crippen LogP contribution in [0.4, 0.5) is 11.6 Å². The van der Waals surface area contributed by atoms with E-state index in [2.05, 4.69) is 25.9 Å². The number of nitrogens with two attached hydrogens (primary N) is 3. The lowest BCUT2D eigenvalue weighted by molar-refractivity contribution is 0.716. The first-order valence-electron chi connectivity index (χ1n) is 6.04. The van der Waals surface area contributed by atoms with Crippen LogP contribution in [0, 0.1) is 0 Å². The Morgan fingerprint density at radius 3 is 2.30 bits per heavy atom. The monoisotopic (exact) mass is 353 g/mol. The first kappa shape index (κ1) is 15.1. The lowest BCUT2D eigenvalue weighted by atomic mass is 10.1. The molecule has 0 aliphatic heterocycles. The van der Waals surface area contributed by atoms with Gasteiger partial charge in [-0.2, -0.15) is 0 Å². The molecule has 2 rings (SSSR count). The fourth-order valence-corrected chi connectivity index (χ4v) is 3.56. The molecule has 5 nitrogen and oxygen atoms in total. The zero-order chi connectivity index (χ0) is 14.7. The predicted octanol–water partition coefficient (Wildman–Crippen LogP) is 2.58. The number of thioether (sulfide) groups is 1. The smallest absolute Gasteiger partial charge is 0.192 e. The highest BCUT2D eigenvalue weighted by atomic mass is 79.9. The van der Waals surface area contributed by atoms with E-state index < -0.39 is 0 Å². The van der Waals surface area contributed by atoms with E-state index in [1.54, 1.807) is 0 Å². The fourth-order valence-electron chi connectivity index (χ4n) is 1.79. The Bertz CT molecular complexity index is 585. The van der Waals surface area contributed by atoms with Crippen LogP contribution in [0.15, 0.2) is 40.0 Å². The molecule has 0 saturated carbocycles. The number of hydrogen-bond donors (Lipinski definition) is 3. The molecule has 0 bridgehead atoms. The molecule has 1 heterocycles. The molecule has 0 radical (unpaired) electrons. The van der Waals surface area contributed by atoms with Crippen molar-refractivity contribution in [1.82, 2.24) is 9.97 Å². The number of rotatable bonds is 4. The topological polar surface area (TPSA) is 104 Å². The Hall–Kier alpha value is -1.31. The minimum absolute atomic E-state index is 0.00627. The molecular formula is C13H16BrN5S. The zero-order valence-corrected chi connectivity index (χ0v) is 13.4. The largest absolute Gasteiger partial charge is 0.383 e. The summed E-state index contributed by atoms with van der Waals surface area (Å²) in [4.78, 5) is 8.38. The molecule has 0 aliphatic rings. The van der Waals surface area contributed by atoms with Gasteiger partial charge in [0.15, 0.2) is 5.16 Å². The van der Waals surface area contributed by atoms with E-state index >= 15 is 0 Å². The molecule has 0 spiro atoms. The fraction of sp³-hybridized carbons (Fsp3) is 0.231. The van der Waals surface area contributed by atoms with E-state index in [1.165, 1.54) is 17.8 Å². The highest BCUT2D eigenvalue weighted by Crippen LogP contribution is 2.39. The van der Waals surface area contributed by atoms with Gasteiger partial charge in [0.2, 0.25) is 0 Å². The molecule has 2 atom stereocenters. The van der Waals surface area contributed by atoms with Crippen LogP contribution in [-0.4, -0.2) is 16.0 Å². The number of nitrogens with zero attached hydrogens (tertiary/aromatic N) is 2. The van der Waals surface area contributed by atoms with Gasteiger partial charge in [0.25, 0.3) is 0 Å². The Morgan fingerprint density at radius 2 is 1.75 bits per heavy atom. The molecule has 6 N–H and O–H groups in total. The second-order valence-corrected chi connectivity index (χ2v) is 6.38. The van der Waals surface area contributed by atoms with E-state index in [0.29, 0.717) is 16.8 Å². The number of aromatic nitrogens is 2. The molecule has 0 aliphatic carbocycles. The highest BCUT2D eigenvalue weighted by molar-refractivity contribution is 9.10. The molecule has 0 amide bonds. The Morgan fingerprint density at radius 1 is 1.15 bits per heavy atom. The molecule has 2 aromatic rings. The third kappa shape index (κ3) is 3.62. The second kappa shape index (κ2) is 6.43. The van der Waals surface area contributed by atoms with Gasteiger partial charge in [-0.15, -0.1) is 0 Å². The van der Waals surface area contributed by atoms with Crippen molar-refractivity contribution in [3.63, 3.8) is 0 Å². The average Bonchev–Trinajstić information content (AvgIpc) is 2.35. The van der Waals surface area contributed by atoms with Crippen molar-refractivity contribution >= 4 is 39.3 Å². The first-order valence-corrected chi connectivity index (χ1v) is 7.71. The third-order valence-electron chi connectivity index (χ3n) is 2.67. The number of benzene rings is 1. The SMILES string of the molecule is CC(N)C(Sc1nc(N)cc(N)n1)c1ccccc1Br. The van der Waals surface area contributed by atoms with Gasteiger partial charge in [-0.25, -0.2) is 9.97 Å². The minimum Gasteiger partial charge on any atom is -0.383 e. The van der Waals surface area contributed by atoms with Crippen molar-refractivity contribution < 1.29 is 0 Å². The first-order chi connectivity index (χ1) is 9.47. The summed E-state index contributed by atoms with van der Waals surface area (Å²) in [6, 6.07) is 9.41. The number of anilines is 2. The van der Waals surface area contributed by atoms with Crippen molar-refractivity contribution in [3.8, 4) is 0 Å². The normalized spacial score (nSPS) is 13.9. The maximum Gasteiger partial charge on any atom is 0.192 e. The molecule has 1 aromatic heterocycles.